The number of ether oxygens (including phenoxy) is 1. The van der Waals surface area contributed by atoms with Gasteiger partial charge in [-0.3, -0.25) is 0 Å². The first-order chi connectivity index (χ1) is 8.33. The minimum Gasteiger partial charge on any atom is -0.383 e. The van der Waals surface area contributed by atoms with Crippen molar-refractivity contribution in [3.05, 3.63) is 35.9 Å². The van der Waals surface area contributed by atoms with Crippen molar-refractivity contribution < 1.29 is 4.74 Å². The van der Waals surface area contributed by atoms with Crippen LogP contribution in [0.2, 0.25) is 0 Å². The van der Waals surface area contributed by atoms with Gasteiger partial charge in [0.2, 0.25) is 0 Å². The monoisotopic (exact) mass is 255 g/mol. The van der Waals surface area contributed by atoms with Gasteiger partial charge < -0.3 is 10.1 Å². The van der Waals surface area contributed by atoms with E-state index in [1.165, 1.54) is 12.0 Å². The molecule has 1 N–H and O–H groups in total. The van der Waals surface area contributed by atoms with Crippen molar-refractivity contribution in [1.29, 1.82) is 0 Å². The quantitative estimate of drug-likeness (QED) is 0.541. The van der Waals surface area contributed by atoms with E-state index in [1.54, 1.807) is 7.11 Å². The number of aryl methyl sites for hydroxylation is 1. The van der Waals surface area contributed by atoms with Gasteiger partial charge in [-0.05, 0) is 37.9 Å². The minimum atomic E-state index is 0.127. The molecule has 0 aliphatic carbocycles. The van der Waals surface area contributed by atoms with Crippen LogP contribution >= 0.6 is 11.6 Å². The van der Waals surface area contributed by atoms with Crippen LogP contribution in [0.3, 0.4) is 0 Å². The maximum absolute atomic E-state index is 6.02. The summed E-state index contributed by atoms with van der Waals surface area (Å²) in [6, 6.07) is 10.6. The predicted octanol–water partition coefficient (Wildman–Crippen LogP) is 2.85. The van der Waals surface area contributed by atoms with E-state index in [1.807, 2.05) is 0 Å². The molecule has 0 aliphatic heterocycles. The number of nitrogens with one attached hydrogen (secondary N) is 1. The van der Waals surface area contributed by atoms with E-state index in [0.717, 1.165) is 25.9 Å². The highest BCUT2D eigenvalue weighted by molar-refractivity contribution is 6.20. The molecule has 3 heteroatoms. The van der Waals surface area contributed by atoms with E-state index in [4.69, 9.17) is 16.3 Å². The fourth-order valence-corrected chi connectivity index (χ4v) is 1.95. The SMILES string of the molecule is COCC(Cl)CCNCCCc1ccccc1. The van der Waals surface area contributed by atoms with Crippen molar-refractivity contribution >= 4 is 11.6 Å². The van der Waals surface area contributed by atoms with E-state index in [9.17, 15) is 0 Å². The summed E-state index contributed by atoms with van der Waals surface area (Å²) in [6.07, 6.45) is 3.26. The molecule has 0 saturated carbocycles. The molecule has 0 amide bonds. The molecule has 0 aliphatic rings. The third-order valence-electron chi connectivity index (χ3n) is 2.64. The Bertz CT molecular complexity index is 279. The summed E-state index contributed by atoms with van der Waals surface area (Å²) in [5.41, 5.74) is 1.41. The molecule has 1 aromatic rings. The van der Waals surface area contributed by atoms with Crippen LogP contribution in [-0.4, -0.2) is 32.2 Å². The molecule has 0 fully saturated rings. The zero-order valence-electron chi connectivity index (χ0n) is 10.5. The van der Waals surface area contributed by atoms with Crippen LogP contribution < -0.4 is 5.32 Å². The standard InChI is InChI=1S/C14H22ClNO/c1-17-12-14(15)9-11-16-10-5-8-13-6-3-2-4-7-13/h2-4,6-7,14,16H,5,8-12H2,1H3. The number of methoxy groups -OCH3 is 1. The summed E-state index contributed by atoms with van der Waals surface area (Å²) in [6.45, 7) is 2.64. The van der Waals surface area contributed by atoms with Crippen molar-refractivity contribution in [3.8, 4) is 0 Å². The van der Waals surface area contributed by atoms with Crippen molar-refractivity contribution in [3.63, 3.8) is 0 Å². The second-order valence-electron chi connectivity index (χ2n) is 4.18. The van der Waals surface area contributed by atoms with Crippen LogP contribution in [0.5, 0.6) is 0 Å². The smallest absolute Gasteiger partial charge is 0.0626 e. The van der Waals surface area contributed by atoms with Gasteiger partial charge in [0.05, 0.1) is 12.0 Å². The minimum absolute atomic E-state index is 0.127. The normalized spacial score (nSPS) is 12.6. The van der Waals surface area contributed by atoms with Crippen molar-refractivity contribution in [2.75, 3.05) is 26.8 Å². The maximum Gasteiger partial charge on any atom is 0.0626 e. The molecule has 0 spiro atoms. The first kappa shape index (κ1) is 14.5. The molecule has 0 heterocycles. The molecule has 1 unspecified atom stereocenters. The molecule has 2 nitrogen and oxygen atoms in total. The Kier molecular flexibility index (Phi) is 8.06. The average Bonchev–Trinajstić information content (AvgIpc) is 2.35. The van der Waals surface area contributed by atoms with Gasteiger partial charge in [0.25, 0.3) is 0 Å². The second kappa shape index (κ2) is 9.46. The Morgan fingerprint density at radius 1 is 1.24 bits per heavy atom. The zero-order chi connectivity index (χ0) is 12.3. The fourth-order valence-electron chi connectivity index (χ4n) is 1.71. The lowest BCUT2D eigenvalue weighted by Crippen LogP contribution is -2.21. The number of halogens is 1. The lowest BCUT2D eigenvalue weighted by atomic mass is 10.1. The van der Waals surface area contributed by atoms with Gasteiger partial charge in [0.15, 0.2) is 0 Å². The number of hydrogen-bond donors (Lipinski definition) is 1. The van der Waals surface area contributed by atoms with E-state index in [0.29, 0.717) is 6.61 Å². The first-order valence-corrected chi connectivity index (χ1v) is 6.64. The molecule has 0 aromatic heterocycles. The summed E-state index contributed by atoms with van der Waals surface area (Å²) < 4.78 is 4.98. The van der Waals surface area contributed by atoms with Gasteiger partial charge in [0, 0.05) is 7.11 Å². The lowest BCUT2D eigenvalue weighted by molar-refractivity contribution is 0.195. The Morgan fingerprint density at radius 2 is 2.00 bits per heavy atom. The largest absolute Gasteiger partial charge is 0.383 e. The van der Waals surface area contributed by atoms with Gasteiger partial charge in [-0.1, -0.05) is 30.3 Å². The summed E-state index contributed by atoms with van der Waals surface area (Å²) >= 11 is 6.02. The Balaban J connectivity index is 1.95. The summed E-state index contributed by atoms with van der Waals surface area (Å²) in [7, 11) is 1.68. The highest BCUT2D eigenvalue weighted by atomic mass is 35.5. The first-order valence-electron chi connectivity index (χ1n) is 6.20. The van der Waals surface area contributed by atoms with E-state index < -0.39 is 0 Å². The van der Waals surface area contributed by atoms with E-state index in [-0.39, 0.29) is 5.38 Å². The van der Waals surface area contributed by atoms with Crippen LogP contribution in [0.15, 0.2) is 30.3 Å². The highest BCUT2D eigenvalue weighted by Crippen LogP contribution is 2.02. The molecular formula is C14H22ClNO. The molecule has 96 valence electrons. The van der Waals surface area contributed by atoms with E-state index in [2.05, 4.69) is 35.6 Å². The third-order valence-corrected chi connectivity index (χ3v) is 2.99. The Labute approximate surface area is 109 Å². The lowest BCUT2D eigenvalue weighted by Gasteiger charge is -2.09. The van der Waals surface area contributed by atoms with Crippen LogP contribution in [-0.2, 0) is 11.2 Å². The fraction of sp³-hybridized carbons (Fsp3) is 0.571. The van der Waals surface area contributed by atoms with Crippen LogP contribution in [0.25, 0.3) is 0 Å². The van der Waals surface area contributed by atoms with Gasteiger partial charge in [0.1, 0.15) is 0 Å². The van der Waals surface area contributed by atoms with Gasteiger partial charge in [-0.25, -0.2) is 0 Å². The summed E-state index contributed by atoms with van der Waals surface area (Å²) in [5, 5.41) is 3.53. The number of hydrogen-bond acceptors (Lipinski definition) is 2. The molecule has 1 aromatic carbocycles. The topological polar surface area (TPSA) is 21.3 Å². The number of rotatable bonds is 9. The highest BCUT2D eigenvalue weighted by Gasteiger charge is 2.02. The van der Waals surface area contributed by atoms with Crippen LogP contribution in [0.4, 0.5) is 0 Å². The molecule has 1 atom stereocenters. The van der Waals surface area contributed by atoms with Gasteiger partial charge in [-0.15, -0.1) is 11.6 Å². The molecule has 17 heavy (non-hydrogen) atoms. The van der Waals surface area contributed by atoms with Crippen LogP contribution in [0, 0.1) is 0 Å². The summed E-state index contributed by atoms with van der Waals surface area (Å²) in [5.74, 6) is 0. The summed E-state index contributed by atoms with van der Waals surface area (Å²) in [4.78, 5) is 0. The average molecular weight is 256 g/mol. The Morgan fingerprint density at radius 3 is 2.71 bits per heavy atom. The molecule has 0 saturated heterocycles. The van der Waals surface area contributed by atoms with Gasteiger partial charge >= 0.3 is 0 Å². The molecule has 0 bridgehead atoms. The zero-order valence-corrected chi connectivity index (χ0v) is 11.2. The number of alkyl halides is 1. The Hall–Kier alpha value is -0.570. The predicted molar refractivity (Wildman–Crippen MR) is 73.8 cm³/mol. The van der Waals surface area contributed by atoms with Crippen molar-refractivity contribution in [1.82, 2.24) is 5.32 Å². The molecule has 0 radical (unpaired) electrons. The molecule has 1 rings (SSSR count). The number of benzene rings is 1. The van der Waals surface area contributed by atoms with Gasteiger partial charge in [-0.2, -0.15) is 0 Å². The van der Waals surface area contributed by atoms with Crippen molar-refractivity contribution in [2.24, 2.45) is 0 Å². The third kappa shape index (κ3) is 7.37. The molecular weight excluding hydrogens is 234 g/mol. The van der Waals surface area contributed by atoms with Crippen molar-refractivity contribution in [2.45, 2.75) is 24.6 Å². The second-order valence-corrected chi connectivity index (χ2v) is 4.80. The van der Waals surface area contributed by atoms with Crippen LogP contribution in [0.1, 0.15) is 18.4 Å². The maximum atomic E-state index is 6.02. The van der Waals surface area contributed by atoms with E-state index >= 15 is 0 Å².